The van der Waals surface area contributed by atoms with Crippen molar-refractivity contribution >= 4 is 5.91 Å². The lowest BCUT2D eigenvalue weighted by Crippen LogP contribution is -2.38. The van der Waals surface area contributed by atoms with Crippen LogP contribution in [0.5, 0.6) is 0 Å². The van der Waals surface area contributed by atoms with E-state index >= 15 is 0 Å². The summed E-state index contributed by atoms with van der Waals surface area (Å²) < 4.78 is 3.73. The summed E-state index contributed by atoms with van der Waals surface area (Å²) in [6, 6.07) is 0.0881. The number of amides is 1. The maximum absolute atomic E-state index is 12.9. The Bertz CT molecular complexity index is 748. The summed E-state index contributed by atoms with van der Waals surface area (Å²) in [7, 11) is 3.88. The molecule has 1 aliphatic carbocycles. The first-order valence-corrected chi connectivity index (χ1v) is 8.64. The van der Waals surface area contributed by atoms with Crippen molar-refractivity contribution in [3.05, 3.63) is 35.4 Å². The number of nitrogens with one attached hydrogen (secondary N) is 2. The van der Waals surface area contributed by atoms with Gasteiger partial charge in [-0.3, -0.25) is 14.2 Å². The van der Waals surface area contributed by atoms with E-state index in [1.165, 1.54) is 11.3 Å². The molecule has 7 nitrogen and oxygen atoms in total. The van der Waals surface area contributed by atoms with Gasteiger partial charge in [0.1, 0.15) is 0 Å². The number of nitrogens with zero attached hydrogens (tertiary/aromatic N) is 4. The summed E-state index contributed by atoms with van der Waals surface area (Å²) in [5, 5.41) is 15.2. The maximum atomic E-state index is 12.9. The molecule has 2 aromatic rings. The van der Waals surface area contributed by atoms with E-state index in [-0.39, 0.29) is 23.8 Å². The molecule has 3 atom stereocenters. The minimum atomic E-state index is -0.0451. The quantitative estimate of drug-likeness (QED) is 0.867. The van der Waals surface area contributed by atoms with Crippen molar-refractivity contribution in [1.82, 2.24) is 30.2 Å². The van der Waals surface area contributed by atoms with Crippen LogP contribution in [0.4, 0.5) is 0 Å². The van der Waals surface area contributed by atoms with Crippen LogP contribution in [-0.4, -0.2) is 38.6 Å². The smallest absolute Gasteiger partial charge is 0.225 e. The molecule has 24 heavy (non-hydrogen) atoms. The molecule has 1 aliphatic heterocycles. The van der Waals surface area contributed by atoms with Crippen LogP contribution < -0.4 is 10.6 Å². The molecule has 0 spiro atoms. The Morgan fingerprint density at radius 3 is 2.96 bits per heavy atom. The lowest BCUT2D eigenvalue weighted by Gasteiger charge is -2.26. The van der Waals surface area contributed by atoms with Crippen molar-refractivity contribution in [2.75, 3.05) is 13.1 Å². The Morgan fingerprint density at radius 2 is 2.17 bits per heavy atom. The van der Waals surface area contributed by atoms with Gasteiger partial charge in [-0.1, -0.05) is 0 Å². The van der Waals surface area contributed by atoms with E-state index in [9.17, 15) is 4.79 Å². The number of aromatic nitrogens is 4. The maximum Gasteiger partial charge on any atom is 0.225 e. The number of hydrogen-bond donors (Lipinski definition) is 2. The Kier molecular flexibility index (Phi) is 3.88. The number of rotatable bonds is 3. The van der Waals surface area contributed by atoms with Crippen LogP contribution in [0.2, 0.25) is 0 Å². The third-order valence-electron chi connectivity index (χ3n) is 5.40. The molecule has 0 bridgehead atoms. The summed E-state index contributed by atoms with van der Waals surface area (Å²) in [5.74, 6) is 0.280. The Hall–Kier alpha value is -2.15. The summed E-state index contributed by atoms with van der Waals surface area (Å²) in [6.07, 6.45) is 8.91. The second kappa shape index (κ2) is 6.05. The summed E-state index contributed by atoms with van der Waals surface area (Å²) in [5.41, 5.74) is 3.56. The number of hydrogen-bond acceptors (Lipinski definition) is 4. The topological polar surface area (TPSA) is 76.8 Å². The van der Waals surface area contributed by atoms with Crippen molar-refractivity contribution in [2.45, 2.75) is 31.2 Å². The van der Waals surface area contributed by atoms with Crippen LogP contribution in [0.25, 0.3) is 0 Å². The van der Waals surface area contributed by atoms with Crippen molar-refractivity contribution in [1.29, 1.82) is 0 Å². The van der Waals surface area contributed by atoms with Gasteiger partial charge in [0.25, 0.3) is 0 Å². The summed E-state index contributed by atoms with van der Waals surface area (Å²) in [4.78, 5) is 12.9. The standard InChI is InChI=1S/C17H24N6O/c1-22-10-11(6-19-22)12-7-18-8-13(12)17(24)21-15-4-3-5-16-14(15)9-20-23(16)2/h6,9-10,12-13,15,18H,3-5,7-8H2,1-2H3,(H,21,24)/t12-,13+,15?/m1/s1. The van der Waals surface area contributed by atoms with E-state index in [2.05, 4.69) is 20.8 Å². The van der Waals surface area contributed by atoms with Crippen LogP contribution in [0.1, 0.15) is 41.6 Å². The van der Waals surface area contributed by atoms with Crippen LogP contribution in [0.15, 0.2) is 18.6 Å². The predicted molar refractivity (Wildman–Crippen MR) is 89.3 cm³/mol. The predicted octanol–water partition coefficient (Wildman–Crippen LogP) is 0.650. The zero-order valence-electron chi connectivity index (χ0n) is 14.2. The third-order valence-corrected chi connectivity index (χ3v) is 5.40. The van der Waals surface area contributed by atoms with Crippen LogP contribution >= 0.6 is 0 Å². The number of fused-ring (bicyclic) bond motifs is 1. The van der Waals surface area contributed by atoms with Crippen molar-refractivity contribution in [2.24, 2.45) is 20.0 Å². The first-order chi connectivity index (χ1) is 11.6. The number of aryl methyl sites for hydroxylation is 2. The fourth-order valence-corrected chi connectivity index (χ4v) is 4.07. The Morgan fingerprint density at radius 1 is 1.29 bits per heavy atom. The molecule has 7 heteroatoms. The van der Waals surface area contributed by atoms with Crippen LogP contribution in [0, 0.1) is 5.92 Å². The molecule has 0 aromatic carbocycles. The van der Waals surface area contributed by atoms with Crippen molar-refractivity contribution < 1.29 is 4.79 Å². The molecule has 1 amide bonds. The van der Waals surface area contributed by atoms with Gasteiger partial charge in [0.2, 0.25) is 5.91 Å². The van der Waals surface area contributed by atoms with Crippen molar-refractivity contribution in [3.8, 4) is 0 Å². The fraction of sp³-hybridized carbons (Fsp3) is 0.588. The van der Waals surface area contributed by atoms with Gasteiger partial charge in [-0.15, -0.1) is 0 Å². The molecule has 1 fully saturated rings. The third kappa shape index (κ3) is 2.62. The van der Waals surface area contributed by atoms with Gasteiger partial charge in [-0.25, -0.2) is 0 Å². The Labute approximate surface area is 141 Å². The second-order valence-corrected chi connectivity index (χ2v) is 6.94. The van der Waals surface area contributed by atoms with Gasteiger partial charge >= 0.3 is 0 Å². The monoisotopic (exact) mass is 328 g/mol. The molecule has 4 rings (SSSR count). The highest BCUT2D eigenvalue weighted by atomic mass is 16.2. The van der Waals surface area contributed by atoms with E-state index in [1.54, 1.807) is 4.68 Å². The SMILES string of the molecule is Cn1cc([C@H]2CNC[C@@H]2C(=O)NC2CCCc3c2cnn3C)cn1. The van der Waals surface area contributed by atoms with E-state index in [0.29, 0.717) is 0 Å². The molecule has 1 saturated heterocycles. The average molecular weight is 328 g/mol. The van der Waals surface area contributed by atoms with Crippen molar-refractivity contribution in [3.63, 3.8) is 0 Å². The first-order valence-electron chi connectivity index (χ1n) is 8.64. The largest absolute Gasteiger partial charge is 0.349 e. The molecule has 1 unspecified atom stereocenters. The zero-order chi connectivity index (χ0) is 16.7. The fourth-order valence-electron chi connectivity index (χ4n) is 4.07. The van der Waals surface area contributed by atoms with Gasteiger partial charge in [0, 0.05) is 50.6 Å². The number of carbonyl (C=O) groups is 1. The molecular formula is C17H24N6O. The average Bonchev–Trinajstić information content (AvgIpc) is 3.28. The first kappa shape index (κ1) is 15.4. The molecular weight excluding hydrogens is 304 g/mol. The minimum Gasteiger partial charge on any atom is -0.349 e. The molecule has 2 N–H and O–H groups in total. The molecule has 0 radical (unpaired) electrons. The molecule has 3 heterocycles. The lowest BCUT2D eigenvalue weighted by molar-refractivity contribution is -0.125. The van der Waals surface area contributed by atoms with Gasteiger partial charge in [-0.05, 0) is 24.8 Å². The minimum absolute atomic E-state index is 0.0451. The molecule has 128 valence electrons. The lowest BCUT2D eigenvalue weighted by atomic mass is 9.88. The molecule has 2 aromatic heterocycles. The summed E-state index contributed by atoms with van der Waals surface area (Å²) in [6.45, 7) is 1.55. The van der Waals surface area contributed by atoms with Crippen LogP contribution in [-0.2, 0) is 25.3 Å². The second-order valence-electron chi connectivity index (χ2n) is 6.94. The van der Waals surface area contributed by atoms with Gasteiger partial charge in [0.15, 0.2) is 0 Å². The van der Waals surface area contributed by atoms with E-state index < -0.39 is 0 Å². The van der Waals surface area contributed by atoms with Gasteiger partial charge < -0.3 is 10.6 Å². The van der Waals surface area contributed by atoms with E-state index in [4.69, 9.17) is 0 Å². The van der Waals surface area contributed by atoms with Gasteiger partial charge in [0.05, 0.1) is 24.4 Å². The van der Waals surface area contributed by atoms with E-state index in [0.717, 1.165) is 37.9 Å². The highest BCUT2D eigenvalue weighted by Crippen LogP contribution is 2.32. The molecule has 0 saturated carbocycles. The number of carbonyl (C=O) groups excluding carboxylic acids is 1. The molecule has 2 aliphatic rings. The van der Waals surface area contributed by atoms with Crippen LogP contribution in [0.3, 0.4) is 0 Å². The van der Waals surface area contributed by atoms with E-state index in [1.807, 2.05) is 37.4 Å². The van der Waals surface area contributed by atoms with Gasteiger partial charge in [-0.2, -0.15) is 10.2 Å². The summed E-state index contributed by atoms with van der Waals surface area (Å²) >= 11 is 0. The zero-order valence-corrected chi connectivity index (χ0v) is 14.2. The highest BCUT2D eigenvalue weighted by molar-refractivity contribution is 5.81. The highest BCUT2D eigenvalue weighted by Gasteiger charge is 2.36. The Balaban J connectivity index is 1.50. The normalized spacial score (nSPS) is 26.3.